The molecule has 1 aromatic carbocycles. The van der Waals surface area contributed by atoms with Gasteiger partial charge in [-0.15, -0.1) is 0 Å². The van der Waals surface area contributed by atoms with Gasteiger partial charge in [-0.3, -0.25) is 9.59 Å². The summed E-state index contributed by atoms with van der Waals surface area (Å²) in [6.07, 6.45) is 3.72. The van der Waals surface area contributed by atoms with Gasteiger partial charge in [0.1, 0.15) is 0 Å². The monoisotopic (exact) mass is 356 g/mol. The number of nitrogens with zero attached hydrogens (tertiary/aromatic N) is 2. The highest BCUT2D eigenvalue weighted by molar-refractivity contribution is 5.82. The molecule has 0 aromatic heterocycles. The summed E-state index contributed by atoms with van der Waals surface area (Å²) in [5.41, 5.74) is 1.06. The first-order chi connectivity index (χ1) is 12.4. The predicted molar refractivity (Wildman–Crippen MR) is 104 cm³/mol. The Bertz CT molecular complexity index is 619. The second kappa shape index (κ2) is 7.81. The van der Waals surface area contributed by atoms with Gasteiger partial charge in [-0.05, 0) is 37.2 Å². The highest BCUT2D eigenvalue weighted by Crippen LogP contribution is 2.30. The van der Waals surface area contributed by atoms with Crippen LogP contribution in [0.3, 0.4) is 0 Å². The van der Waals surface area contributed by atoms with E-state index in [4.69, 9.17) is 0 Å². The maximum Gasteiger partial charge on any atom is 0.227 e. The Morgan fingerprint density at radius 2 is 1.38 bits per heavy atom. The lowest BCUT2D eigenvalue weighted by molar-refractivity contribution is -0.145. The van der Waals surface area contributed by atoms with Gasteiger partial charge in [-0.1, -0.05) is 51.1 Å². The molecular weight excluding hydrogens is 324 g/mol. The molecule has 2 amide bonds. The third-order valence-corrected chi connectivity index (χ3v) is 5.85. The van der Waals surface area contributed by atoms with Crippen LogP contribution in [0.4, 0.5) is 0 Å². The summed E-state index contributed by atoms with van der Waals surface area (Å²) in [5, 5.41) is 0. The molecular formula is C22H32N2O2. The molecule has 0 unspecified atom stereocenters. The van der Waals surface area contributed by atoms with Crippen LogP contribution in [-0.2, 0) is 9.59 Å². The zero-order valence-electron chi connectivity index (χ0n) is 16.4. The molecule has 0 radical (unpaired) electrons. The molecule has 2 saturated heterocycles. The van der Waals surface area contributed by atoms with Crippen LogP contribution in [0.15, 0.2) is 30.3 Å². The van der Waals surface area contributed by atoms with E-state index in [1.807, 2.05) is 25.7 Å². The minimum absolute atomic E-state index is 0.0901. The Balaban J connectivity index is 1.48. The molecule has 0 spiro atoms. The van der Waals surface area contributed by atoms with Crippen LogP contribution in [0, 0.1) is 11.3 Å². The van der Waals surface area contributed by atoms with Crippen molar-refractivity contribution in [2.45, 2.75) is 52.4 Å². The Hall–Kier alpha value is -1.84. The van der Waals surface area contributed by atoms with Gasteiger partial charge in [-0.25, -0.2) is 0 Å². The molecule has 26 heavy (non-hydrogen) atoms. The van der Waals surface area contributed by atoms with E-state index in [0.717, 1.165) is 38.8 Å². The van der Waals surface area contributed by atoms with E-state index >= 15 is 0 Å². The van der Waals surface area contributed by atoms with Gasteiger partial charge in [0.05, 0.1) is 0 Å². The highest BCUT2D eigenvalue weighted by Gasteiger charge is 2.34. The number of likely N-dealkylation sites (tertiary alicyclic amines) is 2. The molecule has 0 atom stereocenters. The smallest absolute Gasteiger partial charge is 0.227 e. The van der Waals surface area contributed by atoms with Crippen molar-refractivity contribution in [2.75, 3.05) is 26.2 Å². The van der Waals surface area contributed by atoms with E-state index in [9.17, 15) is 9.59 Å². The van der Waals surface area contributed by atoms with Crippen molar-refractivity contribution in [3.05, 3.63) is 35.9 Å². The van der Waals surface area contributed by atoms with E-state index in [1.165, 1.54) is 5.56 Å². The molecule has 4 heteroatoms. The SMILES string of the molecule is CC(C)(C)C(=O)N1CCC(C(=O)N2CCC(c3ccccc3)CC2)CC1. The molecule has 4 nitrogen and oxygen atoms in total. The first-order valence-corrected chi connectivity index (χ1v) is 9.99. The molecule has 1 aromatic rings. The van der Waals surface area contributed by atoms with E-state index in [2.05, 4.69) is 35.2 Å². The molecule has 0 bridgehead atoms. The van der Waals surface area contributed by atoms with Crippen LogP contribution in [0.25, 0.3) is 0 Å². The zero-order chi connectivity index (χ0) is 18.7. The zero-order valence-corrected chi connectivity index (χ0v) is 16.4. The summed E-state index contributed by atoms with van der Waals surface area (Å²) in [6, 6.07) is 10.6. The molecule has 0 N–H and O–H groups in total. The number of hydrogen-bond donors (Lipinski definition) is 0. The molecule has 0 saturated carbocycles. The molecule has 142 valence electrons. The normalized spacial score (nSPS) is 20.3. The fourth-order valence-corrected chi connectivity index (χ4v) is 4.22. The average molecular weight is 357 g/mol. The quantitative estimate of drug-likeness (QED) is 0.811. The fourth-order valence-electron chi connectivity index (χ4n) is 4.22. The van der Waals surface area contributed by atoms with Crippen molar-refractivity contribution < 1.29 is 9.59 Å². The summed E-state index contributed by atoms with van der Waals surface area (Å²) < 4.78 is 0. The van der Waals surface area contributed by atoms with Crippen molar-refractivity contribution in [3.63, 3.8) is 0 Å². The minimum Gasteiger partial charge on any atom is -0.342 e. The van der Waals surface area contributed by atoms with E-state index in [1.54, 1.807) is 0 Å². The van der Waals surface area contributed by atoms with Crippen LogP contribution < -0.4 is 0 Å². The van der Waals surface area contributed by atoms with Crippen LogP contribution in [0.1, 0.15) is 57.9 Å². The summed E-state index contributed by atoms with van der Waals surface area (Å²) in [7, 11) is 0. The van der Waals surface area contributed by atoms with Crippen molar-refractivity contribution in [3.8, 4) is 0 Å². The van der Waals surface area contributed by atoms with Crippen molar-refractivity contribution >= 4 is 11.8 Å². The molecule has 0 aliphatic carbocycles. The Morgan fingerprint density at radius 1 is 0.846 bits per heavy atom. The predicted octanol–water partition coefficient (Wildman–Crippen LogP) is 3.68. The topological polar surface area (TPSA) is 40.6 Å². The summed E-state index contributed by atoms with van der Waals surface area (Å²) in [5.74, 6) is 1.17. The molecule has 2 aliphatic rings. The van der Waals surface area contributed by atoms with Crippen LogP contribution in [-0.4, -0.2) is 47.8 Å². The largest absolute Gasteiger partial charge is 0.342 e. The number of benzene rings is 1. The van der Waals surface area contributed by atoms with Crippen molar-refractivity contribution in [1.82, 2.24) is 9.80 Å². The van der Waals surface area contributed by atoms with E-state index < -0.39 is 0 Å². The summed E-state index contributed by atoms with van der Waals surface area (Å²) in [4.78, 5) is 29.3. The Kier molecular flexibility index (Phi) is 5.69. The molecule has 2 heterocycles. The lowest BCUT2D eigenvalue weighted by Gasteiger charge is -2.38. The van der Waals surface area contributed by atoms with Gasteiger partial charge >= 0.3 is 0 Å². The highest BCUT2D eigenvalue weighted by atomic mass is 16.2. The average Bonchev–Trinajstić information content (AvgIpc) is 2.67. The maximum atomic E-state index is 12.9. The number of amides is 2. The van der Waals surface area contributed by atoms with E-state index in [0.29, 0.717) is 24.9 Å². The van der Waals surface area contributed by atoms with Gasteiger partial charge in [0.2, 0.25) is 11.8 Å². The number of piperidine rings is 2. The fraction of sp³-hybridized carbons (Fsp3) is 0.636. The van der Waals surface area contributed by atoms with Gasteiger partial charge in [0.15, 0.2) is 0 Å². The third kappa shape index (κ3) is 4.28. The second-order valence-electron chi connectivity index (χ2n) is 8.83. The van der Waals surface area contributed by atoms with Gasteiger partial charge < -0.3 is 9.80 Å². The standard InChI is InChI=1S/C22H32N2O2/c1-22(2,3)21(26)24-15-11-19(12-16-24)20(25)23-13-9-18(10-14-23)17-7-5-4-6-8-17/h4-8,18-19H,9-16H2,1-3H3. The van der Waals surface area contributed by atoms with Gasteiger partial charge in [-0.2, -0.15) is 0 Å². The van der Waals surface area contributed by atoms with Crippen LogP contribution in [0.5, 0.6) is 0 Å². The lowest BCUT2D eigenvalue weighted by Crippen LogP contribution is -2.48. The number of carbonyl (C=O) groups is 2. The van der Waals surface area contributed by atoms with Gasteiger partial charge in [0, 0.05) is 37.5 Å². The molecule has 3 rings (SSSR count). The Morgan fingerprint density at radius 3 is 1.92 bits per heavy atom. The molecule has 2 fully saturated rings. The maximum absolute atomic E-state index is 12.9. The third-order valence-electron chi connectivity index (χ3n) is 5.85. The molecule has 2 aliphatic heterocycles. The van der Waals surface area contributed by atoms with Crippen LogP contribution in [0.2, 0.25) is 0 Å². The summed E-state index contributed by atoms with van der Waals surface area (Å²) in [6.45, 7) is 9.04. The van der Waals surface area contributed by atoms with Crippen molar-refractivity contribution in [1.29, 1.82) is 0 Å². The van der Waals surface area contributed by atoms with E-state index in [-0.39, 0.29) is 17.2 Å². The Labute approximate surface area is 157 Å². The minimum atomic E-state index is -0.337. The lowest BCUT2D eigenvalue weighted by atomic mass is 9.87. The second-order valence-corrected chi connectivity index (χ2v) is 8.83. The number of hydrogen-bond acceptors (Lipinski definition) is 2. The first kappa shape index (κ1) is 18.9. The van der Waals surface area contributed by atoms with Crippen molar-refractivity contribution in [2.24, 2.45) is 11.3 Å². The van der Waals surface area contributed by atoms with Crippen LogP contribution >= 0.6 is 0 Å². The van der Waals surface area contributed by atoms with Gasteiger partial charge in [0.25, 0.3) is 0 Å². The summed E-state index contributed by atoms with van der Waals surface area (Å²) >= 11 is 0. The number of rotatable bonds is 2. The first-order valence-electron chi connectivity index (χ1n) is 9.99. The number of carbonyl (C=O) groups excluding carboxylic acids is 2.